The second-order valence-electron chi connectivity index (χ2n) is 7.97. The Hall–Kier alpha value is -3.75. The van der Waals surface area contributed by atoms with Crippen LogP contribution >= 0.6 is 0 Å². The third-order valence-electron chi connectivity index (χ3n) is 4.87. The Kier molecular flexibility index (Phi) is 7.19. The predicted molar refractivity (Wildman–Crippen MR) is 116 cm³/mol. The SMILES string of the molecule is CC(C)CC(NC(=O)c1ccccc1)C(=O)N[C@H](Cc1nc2ccc(F)cc2[nH]1)C(=O)O. The molecule has 0 saturated carbocycles. The van der Waals surface area contributed by atoms with Gasteiger partial charge in [0.2, 0.25) is 5.91 Å². The van der Waals surface area contributed by atoms with Crippen LogP contribution < -0.4 is 10.6 Å². The lowest BCUT2D eigenvalue weighted by molar-refractivity contribution is -0.142. The highest BCUT2D eigenvalue weighted by molar-refractivity contribution is 5.98. The molecular weight excluding hydrogens is 415 g/mol. The summed E-state index contributed by atoms with van der Waals surface area (Å²) < 4.78 is 13.4. The van der Waals surface area contributed by atoms with Crippen molar-refractivity contribution in [1.29, 1.82) is 0 Å². The summed E-state index contributed by atoms with van der Waals surface area (Å²) in [5.74, 6) is -2.33. The largest absolute Gasteiger partial charge is 0.480 e. The number of carbonyl (C=O) groups excluding carboxylic acids is 2. The number of hydrogen-bond acceptors (Lipinski definition) is 4. The van der Waals surface area contributed by atoms with Crippen molar-refractivity contribution < 1.29 is 23.9 Å². The van der Waals surface area contributed by atoms with E-state index in [1.165, 1.54) is 18.2 Å². The molecule has 1 unspecified atom stereocenters. The van der Waals surface area contributed by atoms with Crippen LogP contribution in [0.4, 0.5) is 4.39 Å². The summed E-state index contributed by atoms with van der Waals surface area (Å²) >= 11 is 0. The molecule has 168 valence electrons. The number of nitrogens with one attached hydrogen (secondary N) is 3. The van der Waals surface area contributed by atoms with Gasteiger partial charge in [-0.1, -0.05) is 32.0 Å². The Morgan fingerprint density at radius 1 is 1.06 bits per heavy atom. The van der Waals surface area contributed by atoms with Gasteiger partial charge in [0, 0.05) is 12.0 Å². The second-order valence-corrected chi connectivity index (χ2v) is 7.97. The first kappa shape index (κ1) is 22.9. The van der Waals surface area contributed by atoms with Crippen molar-refractivity contribution in [2.45, 2.75) is 38.8 Å². The smallest absolute Gasteiger partial charge is 0.326 e. The summed E-state index contributed by atoms with van der Waals surface area (Å²) in [4.78, 5) is 44.3. The van der Waals surface area contributed by atoms with Gasteiger partial charge in [0.25, 0.3) is 5.91 Å². The van der Waals surface area contributed by atoms with Gasteiger partial charge in [0.15, 0.2) is 0 Å². The number of aromatic nitrogens is 2. The molecule has 0 aliphatic carbocycles. The van der Waals surface area contributed by atoms with Crippen LogP contribution in [0.5, 0.6) is 0 Å². The average Bonchev–Trinajstić information content (AvgIpc) is 3.14. The molecule has 4 N–H and O–H groups in total. The number of halogens is 1. The number of imidazole rings is 1. The summed E-state index contributed by atoms with van der Waals surface area (Å²) in [6, 6.07) is 10.3. The monoisotopic (exact) mass is 440 g/mol. The molecule has 32 heavy (non-hydrogen) atoms. The maximum absolute atomic E-state index is 13.4. The summed E-state index contributed by atoms with van der Waals surface area (Å²) in [5.41, 5.74) is 1.33. The molecule has 3 rings (SSSR count). The first-order chi connectivity index (χ1) is 15.2. The zero-order valence-corrected chi connectivity index (χ0v) is 17.8. The van der Waals surface area contributed by atoms with Crippen molar-refractivity contribution in [2.75, 3.05) is 0 Å². The molecule has 3 aromatic rings. The molecule has 0 aliphatic rings. The van der Waals surface area contributed by atoms with Gasteiger partial charge in [0.1, 0.15) is 23.7 Å². The van der Waals surface area contributed by atoms with Gasteiger partial charge in [-0.15, -0.1) is 0 Å². The highest BCUT2D eigenvalue weighted by Gasteiger charge is 2.28. The number of aliphatic carboxylic acids is 1. The number of hydrogen-bond donors (Lipinski definition) is 4. The number of rotatable bonds is 9. The van der Waals surface area contributed by atoms with Gasteiger partial charge < -0.3 is 20.7 Å². The minimum Gasteiger partial charge on any atom is -0.480 e. The molecule has 8 nitrogen and oxygen atoms in total. The van der Waals surface area contributed by atoms with Crippen LogP contribution in [0.1, 0.15) is 36.5 Å². The number of H-pyrrole nitrogens is 1. The summed E-state index contributed by atoms with van der Waals surface area (Å²) in [6.45, 7) is 3.80. The van der Waals surface area contributed by atoms with E-state index in [4.69, 9.17) is 0 Å². The third-order valence-corrected chi connectivity index (χ3v) is 4.87. The molecule has 0 saturated heterocycles. The molecule has 2 amide bonds. The van der Waals surface area contributed by atoms with Crippen LogP contribution in [0.25, 0.3) is 11.0 Å². The van der Waals surface area contributed by atoms with E-state index in [2.05, 4.69) is 20.6 Å². The van der Waals surface area contributed by atoms with Crippen LogP contribution in [0.2, 0.25) is 0 Å². The van der Waals surface area contributed by atoms with E-state index < -0.39 is 35.7 Å². The molecule has 1 aromatic heterocycles. The van der Waals surface area contributed by atoms with E-state index >= 15 is 0 Å². The molecule has 2 aromatic carbocycles. The van der Waals surface area contributed by atoms with E-state index in [1.807, 2.05) is 13.8 Å². The van der Waals surface area contributed by atoms with Crippen molar-refractivity contribution in [1.82, 2.24) is 20.6 Å². The summed E-state index contributed by atoms with van der Waals surface area (Å²) in [6.07, 6.45) is 0.207. The van der Waals surface area contributed by atoms with E-state index in [-0.39, 0.29) is 12.3 Å². The fourth-order valence-electron chi connectivity index (χ4n) is 3.33. The predicted octanol–water partition coefficient (Wildman–Crippen LogP) is 2.66. The molecule has 0 spiro atoms. The number of benzene rings is 2. The number of carbonyl (C=O) groups is 3. The molecule has 0 radical (unpaired) electrons. The third kappa shape index (κ3) is 5.90. The van der Waals surface area contributed by atoms with Crippen molar-refractivity contribution >= 4 is 28.8 Å². The minimum absolute atomic E-state index is 0.0790. The van der Waals surface area contributed by atoms with Gasteiger partial charge in [-0.2, -0.15) is 0 Å². The first-order valence-electron chi connectivity index (χ1n) is 10.3. The zero-order chi connectivity index (χ0) is 23.3. The number of carboxylic acids is 1. The molecule has 0 bridgehead atoms. The molecular formula is C23H25FN4O4. The normalized spacial score (nSPS) is 13.0. The number of aromatic amines is 1. The second kappa shape index (κ2) is 10.0. The van der Waals surface area contributed by atoms with Crippen LogP contribution in [0, 0.1) is 11.7 Å². The summed E-state index contributed by atoms with van der Waals surface area (Å²) in [5, 5.41) is 14.8. The zero-order valence-electron chi connectivity index (χ0n) is 17.8. The highest BCUT2D eigenvalue weighted by Crippen LogP contribution is 2.14. The number of fused-ring (bicyclic) bond motifs is 1. The number of carboxylic acid groups (broad SMARTS) is 1. The van der Waals surface area contributed by atoms with Crippen molar-refractivity contribution in [2.24, 2.45) is 5.92 Å². The van der Waals surface area contributed by atoms with Crippen molar-refractivity contribution in [3.8, 4) is 0 Å². The Morgan fingerprint density at radius 3 is 2.44 bits per heavy atom. The highest BCUT2D eigenvalue weighted by atomic mass is 19.1. The van der Waals surface area contributed by atoms with E-state index in [1.54, 1.807) is 30.3 Å². The fraction of sp³-hybridized carbons (Fsp3) is 0.304. The van der Waals surface area contributed by atoms with Gasteiger partial charge in [0.05, 0.1) is 11.0 Å². The van der Waals surface area contributed by atoms with E-state index in [0.29, 0.717) is 28.8 Å². The fourth-order valence-corrected chi connectivity index (χ4v) is 3.33. The van der Waals surface area contributed by atoms with Crippen LogP contribution in [-0.4, -0.2) is 44.9 Å². The number of nitrogens with zero attached hydrogens (tertiary/aromatic N) is 1. The Morgan fingerprint density at radius 2 is 1.78 bits per heavy atom. The quantitative estimate of drug-likeness (QED) is 0.407. The molecule has 0 fully saturated rings. The first-order valence-corrected chi connectivity index (χ1v) is 10.3. The summed E-state index contributed by atoms with van der Waals surface area (Å²) in [7, 11) is 0. The van der Waals surface area contributed by atoms with Crippen LogP contribution in [-0.2, 0) is 16.0 Å². The lowest BCUT2D eigenvalue weighted by Gasteiger charge is -2.22. The van der Waals surface area contributed by atoms with Crippen molar-refractivity contribution in [3.63, 3.8) is 0 Å². The lowest BCUT2D eigenvalue weighted by Crippen LogP contribution is -2.52. The molecule has 1 heterocycles. The maximum atomic E-state index is 13.4. The topological polar surface area (TPSA) is 124 Å². The van der Waals surface area contributed by atoms with E-state index in [9.17, 15) is 23.9 Å². The van der Waals surface area contributed by atoms with Gasteiger partial charge >= 0.3 is 5.97 Å². The van der Waals surface area contributed by atoms with Gasteiger partial charge in [-0.25, -0.2) is 14.2 Å². The number of amides is 2. The molecule has 9 heteroatoms. The average molecular weight is 440 g/mol. The molecule has 0 aliphatic heterocycles. The standard InChI is InChI=1S/C23H25FN4O4/c1-13(2)10-18(27-21(29)14-6-4-3-5-7-14)22(30)28-19(23(31)32)12-20-25-16-9-8-15(24)11-17(16)26-20/h3-9,11,13,18-19H,10,12H2,1-2H3,(H,25,26)(H,27,29)(H,28,30)(H,31,32)/t18?,19-/m1/s1. The van der Waals surface area contributed by atoms with E-state index in [0.717, 1.165) is 0 Å². The minimum atomic E-state index is -1.28. The van der Waals surface area contributed by atoms with Crippen LogP contribution in [0.15, 0.2) is 48.5 Å². The maximum Gasteiger partial charge on any atom is 0.326 e. The molecule has 2 atom stereocenters. The van der Waals surface area contributed by atoms with Gasteiger partial charge in [-0.05, 0) is 42.7 Å². The van der Waals surface area contributed by atoms with Gasteiger partial charge in [-0.3, -0.25) is 9.59 Å². The van der Waals surface area contributed by atoms with Crippen molar-refractivity contribution in [3.05, 3.63) is 65.7 Å². The Labute approximate surface area is 184 Å². The Balaban J connectivity index is 1.73. The Bertz CT molecular complexity index is 1110. The van der Waals surface area contributed by atoms with Crippen LogP contribution in [0.3, 0.4) is 0 Å². The lowest BCUT2D eigenvalue weighted by atomic mass is 10.0.